The minimum atomic E-state index is -1.20. The van der Waals surface area contributed by atoms with Crippen LogP contribution >= 0.6 is 24.4 Å². The molecule has 0 fully saturated rings. The summed E-state index contributed by atoms with van der Waals surface area (Å²) in [5.41, 5.74) is 9.44. The minimum Gasteiger partial charge on any atom is -0.487 e. The number of unbranched alkanes of at least 4 members (excludes halogenated alkanes) is 1. The standard InChI is InChI=1S/C5H11NOS.C5H14O2Si.CH3NOS/c1-2-3-4-7-5(6)8;1-4-6-8(3)7-5-2;2-1(3)4/h2-4H2,1H3,(H2,6,8);8H,4-5H2,1-3H3;(H3,2,3,4). The molecule has 0 radical (unpaired) electrons. The Hall–Kier alpha value is -0.483. The van der Waals surface area contributed by atoms with E-state index in [1.54, 1.807) is 0 Å². The minimum absolute atomic E-state index is 0.151. The molecular formula is C11H28N2O4S2Si. The number of ether oxygens (including phenoxy) is 1. The fourth-order valence-corrected chi connectivity index (χ4v) is 1.95. The second-order valence-corrected chi connectivity index (χ2v) is 5.96. The molecule has 0 amide bonds. The van der Waals surface area contributed by atoms with Crippen molar-refractivity contribution in [3.8, 4) is 0 Å². The Morgan fingerprint density at radius 1 is 1.10 bits per heavy atom. The Morgan fingerprint density at radius 3 is 1.75 bits per heavy atom. The molecule has 0 heterocycles. The number of aliphatic hydroxyl groups excluding tert-OH is 1. The molecule has 0 rings (SSSR count). The quantitative estimate of drug-likeness (QED) is 0.365. The first-order valence-corrected chi connectivity index (χ1v) is 9.36. The largest absolute Gasteiger partial charge is 0.487 e. The normalized spacial score (nSPS) is 8.85. The van der Waals surface area contributed by atoms with Crippen LogP contribution in [0.5, 0.6) is 0 Å². The molecule has 5 N–H and O–H groups in total. The fourth-order valence-electron chi connectivity index (χ4n) is 0.835. The Labute approximate surface area is 134 Å². The summed E-state index contributed by atoms with van der Waals surface area (Å²) in [7, 11) is -1.20. The Bertz CT molecular complexity index is 226. The van der Waals surface area contributed by atoms with Gasteiger partial charge in [-0.25, -0.2) is 0 Å². The van der Waals surface area contributed by atoms with Crippen LogP contribution in [0.3, 0.4) is 0 Å². The van der Waals surface area contributed by atoms with Gasteiger partial charge in [0.1, 0.15) is 0 Å². The lowest BCUT2D eigenvalue weighted by Crippen LogP contribution is -2.17. The van der Waals surface area contributed by atoms with Crippen molar-refractivity contribution in [2.45, 2.75) is 40.2 Å². The van der Waals surface area contributed by atoms with Crippen molar-refractivity contribution in [2.75, 3.05) is 19.8 Å². The number of aliphatic hydroxyl groups is 1. The van der Waals surface area contributed by atoms with Gasteiger partial charge in [0.2, 0.25) is 0 Å². The number of hydrogen-bond acceptors (Lipinski definition) is 5. The average Bonchev–Trinajstić information content (AvgIpc) is 2.29. The van der Waals surface area contributed by atoms with Gasteiger partial charge in [-0.2, -0.15) is 0 Å². The van der Waals surface area contributed by atoms with Gasteiger partial charge in [-0.15, -0.1) is 0 Å². The van der Waals surface area contributed by atoms with Crippen LogP contribution in [-0.4, -0.2) is 44.6 Å². The number of hydrogen-bond donors (Lipinski definition) is 3. The van der Waals surface area contributed by atoms with E-state index in [-0.39, 0.29) is 5.17 Å². The first kappa shape index (κ1) is 24.5. The molecule has 0 saturated carbocycles. The van der Waals surface area contributed by atoms with Gasteiger partial charge in [0.05, 0.1) is 6.61 Å². The molecule has 0 spiro atoms. The van der Waals surface area contributed by atoms with E-state index in [1.807, 2.05) is 20.4 Å². The molecule has 6 nitrogen and oxygen atoms in total. The monoisotopic (exact) mass is 344 g/mol. The molecule has 0 aromatic heterocycles. The third-order valence-corrected chi connectivity index (χ3v) is 3.27. The molecule has 0 aromatic carbocycles. The van der Waals surface area contributed by atoms with Gasteiger partial charge >= 0.3 is 9.28 Å². The van der Waals surface area contributed by atoms with Crippen molar-refractivity contribution < 1.29 is 18.7 Å². The second kappa shape index (κ2) is 20.8. The molecule has 0 unspecified atom stereocenters. The van der Waals surface area contributed by atoms with Gasteiger partial charge in [-0.1, -0.05) is 13.3 Å². The summed E-state index contributed by atoms with van der Waals surface area (Å²) in [6, 6.07) is 0. The predicted molar refractivity (Wildman–Crippen MR) is 93.3 cm³/mol. The molecule has 0 aliphatic heterocycles. The van der Waals surface area contributed by atoms with E-state index in [9.17, 15) is 0 Å². The van der Waals surface area contributed by atoms with Crippen LogP contribution in [0.25, 0.3) is 0 Å². The summed E-state index contributed by atoms with van der Waals surface area (Å²) in [5, 5.41) is 7.22. The summed E-state index contributed by atoms with van der Waals surface area (Å²) in [6.07, 6.45) is 2.14. The number of nitrogens with two attached hydrogens (primary N) is 2. The molecule has 0 aromatic rings. The van der Waals surface area contributed by atoms with E-state index in [1.165, 1.54) is 0 Å². The van der Waals surface area contributed by atoms with Crippen LogP contribution in [0.2, 0.25) is 6.55 Å². The molecule has 0 atom stereocenters. The number of thiocarbonyl (C=S) groups is 2. The summed E-state index contributed by atoms with van der Waals surface area (Å²) in [6.45, 7) is 10.3. The predicted octanol–water partition coefficient (Wildman–Crippen LogP) is 1.74. The molecule has 0 saturated heterocycles. The molecule has 9 heteroatoms. The van der Waals surface area contributed by atoms with Crippen molar-refractivity contribution in [1.82, 2.24) is 0 Å². The van der Waals surface area contributed by atoms with E-state index >= 15 is 0 Å². The number of rotatable bonds is 7. The van der Waals surface area contributed by atoms with E-state index < -0.39 is 14.5 Å². The van der Waals surface area contributed by atoms with E-state index in [0.717, 1.165) is 26.1 Å². The van der Waals surface area contributed by atoms with Gasteiger partial charge in [-0.3, -0.25) is 0 Å². The van der Waals surface area contributed by atoms with Gasteiger partial charge in [0.15, 0.2) is 0 Å². The first-order valence-electron chi connectivity index (χ1n) is 6.45. The molecular weight excluding hydrogens is 316 g/mol. The van der Waals surface area contributed by atoms with E-state index in [4.69, 9.17) is 24.4 Å². The molecule has 0 bridgehead atoms. The van der Waals surface area contributed by atoms with Gasteiger partial charge in [0, 0.05) is 13.2 Å². The van der Waals surface area contributed by atoms with Crippen LogP contribution in [0.4, 0.5) is 0 Å². The van der Waals surface area contributed by atoms with E-state index in [2.05, 4.69) is 37.1 Å². The van der Waals surface area contributed by atoms with Crippen molar-refractivity contribution in [3.05, 3.63) is 0 Å². The zero-order chi connectivity index (χ0) is 16.4. The van der Waals surface area contributed by atoms with Gasteiger partial charge in [0.25, 0.3) is 10.3 Å². The zero-order valence-electron chi connectivity index (χ0n) is 12.8. The highest BCUT2D eigenvalue weighted by atomic mass is 32.1. The lowest BCUT2D eigenvalue weighted by Gasteiger charge is -2.07. The third kappa shape index (κ3) is 43.2. The summed E-state index contributed by atoms with van der Waals surface area (Å²) < 4.78 is 15.2. The highest BCUT2D eigenvalue weighted by Gasteiger charge is 1.99. The van der Waals surface area contributed by atoms with Crippen molar-refractivity contribution in [1.29, 1.82) is 0 Å². The molecule has 122 valence electrons. The Balaban J connectivity index is -0.000000230. The summed E-state index contributed by atoms with van der Waals surface area (Å²) >= 11 is 8.33. The Morgan fingerprint density at radius 2 is 1.50 bits per heavy atom. The summed E-state index contributed by atoms with van der Waals surface area (Å²) in [5.74, 6) is 0. The third-order valence-electron chi connectivity index (χ3n) is 1.54. The van der Waals surface area contributed by atoms with Crippen LogP contribution in [0.1, 0.15) is 33.6 Å². The first-order chi connectivity index (χ1) is 9.31. The highest BCUT2D eigenvalue weighted by molar-refractivity contribution is 7.80. The lowest BCUT2D eigenvalue weighted by molar-refractivity contribution is 0.219. The maximum atomic E-state index is 7.56. The molecule has 20 heavy (non-hydrogen) atoms. The maximum Gasteiger partial charge on any atom is 0.318 e. The fraction of sp³-hybridized carbons (Fsp3) is 0.818. The van der Waals surface area contributed by atoms with Crippen molar-refractivity contribution >= 4 is 44.1 Å². The highest BCUT2D eigenvalue weighted by Crippen LogP contribution is 1.86. The average molecular weight is 345 g/mol. The lowest BCUT2D eigenvalue weighted by atomic mass is 10.4. The van der Waals surface area contributed by atoms with Crippen LogP contribution in [0, 0.1) is 0 Å². The second-order valence-electron chi connectivity index (χ2n) is 3.34. The van der Waals surface area contributed by atoms with Crippen LogP contribution in [-0.2, 0) is 13.6 Å². The van der Waals surface area contributed by atoms with Crippen molar-refractivity contribution in [3.63, 3.8) is 0 Å². The maximum absolute atomic E-state index is 7.56. The van der Waals surface area contributed by atoms with Crippen LogP contribution < -0.4 is 11.5 Å². The Kier molecular flexibility index (Phi) is 25.5. The molecule has 0 aliphatic carbocycles. The zero-order valence-corrected chi connectivity index (χ0v) is 15.5. The smallest absolute Gasteiger partial charge is 0.318 e. The van der Waals surface area contributed by atoms with Crippen molar-refractivity contribution in [2.24, 2.45) is 11.5 Å². The van der Waals surface area contributed by atoms with Crippen LogP contribution in [0.15, 0.2) is 0 Å². The SMILES string of the molecule is CCCCOC(N)=S.CCO[SiH](C)OCC.NC(O)=S. The van der Waals surface area contributed by atoms with Gasteiger partial charge < -0.3 is 30.2 Å². The van der Waals surface area contributed by atoms with E-state index in [0.29, 0.717) is 6.61 Å². The molecule has 0 aliphatic rings. The topological polar surface area (TPSA) is 100.0 Å². The summed E-state index contributed by atoms with van der Waals surface area (Å²) in [4.78, 5) is 0. The van der Waals surface area contributed by atoms with Gasteiger partial charge in [-0.05, 0) is 51.3 Å².